The third kappa shape index (κ3) is 36.5. The van der Waals surface area contributed by atoms with Crippen molar-refractivity contribution in [1.82, 2.24) is 5.32 Å². The highest BCUT2D eigenvalue weighted by atomic mass is 16.7. The van der Waals surface area contributed by atoms with E-state index in [1.54, 1.807) is 6.08 Å². The maximum absolute atomic E-state index is 13.2. The lowest BCUT2D eigenvalue weighted by Gasteiger charge is -2.46. The molecule has 0 aromatic carbocycles. The zero-order valence-electron chi connectivity index (χ0n) is 50.7. The number of aliphatic hydroxyl groups excluding tert-OH is 8. The molecule has 470 valence electrons. The molecule has 2 aliphatic heterocycles. The summed E-state index contributed by atoms with van der Waals surface area (Å²) in [5.74, 6) is -0.258. The number of unbranched alkanes of at least 4 members (excludes halogenated alkanes) is 22. The molecular formula is C68H115NO13. The van der Waals surface area contributed by atoms with E-state index in [4.69, 9.17) is 18.9 Å². The van der Waals surface area contributed by atoms with Gasteiger partial charge in [0, 0.05) is 6.42 Å². The Morgan fingerprint density at radius 3 is 1.34 bits per heavy atom. The Kier molecular flexibility index (Phi) is 47.4. The Balaban J connectivity index is 1.54. The third-order valence-corrected chi connectivity index (χ3v) is 15.0. The number of aliphatic hydroxyl groups is 8. The monoisotopic (exact) mass is 1150 g/mol. The van der Waals surface area contributed by atoms with E-state index in [2.05, 4.69) is 103 Å². The zero-order valence-corrected chi connectivity index (χ0v) is 50.7. The van der Waals surface area contributed by atoms with Gasteiger partial charge in [0.05, 0.1) is 32.0 Å². The van der Waals surface area contributed by atoms with Gasteiger partial charge in [-0.25, -0.2) is 0 Å². The van der Waals surface area contributed by atoms with Crippen molar-refractivity contribution in [2.45, 2.75) is 293 Å². The summed E-state index contributed by atoms with van der Waals surface area (Å²) in [6, 6.07) is -0.939. The first kappa shape index (κ1) is 74.7. The van der Waals surface area contributed by atoms with Crippen LogP contribution in [0.5, 0.6) is 0 Å². The largest absolute Gasteiger partial charge is 0.394 e. The second kappa shape index (κ2) is 52.0. The number of amides is 1. The molecule has 0 saturated carbocycles. The Hall–Kier alpha value is -3.35. The van der Waals surface area contributed by atoms with Crippen molar-refractivity contribution < 1.29 is 64.6 Å². The lowest BCUT2D eigenvalue weighted by molar-refractivity contribution is -0.359. The van der Waals surface area contributed by atoms with Crippen molar-refractivity contribution in [3.05, 3.63) is 109 Å². The van der Waals surface area contributed by atoms with Crippen LogP contribution in [0.15, 0.2) is 109 Å². The molecule has 82 heavy (non-hydrogen) atoms. The summed E-state index contributed by atoms with van der Waals surface area (Å²) in [6.07, 6.45) is 57.8. The van der Waals surface area contributed by atoms with Crippen LogP contribution in [0, 0.1) is 0 Å². The quantitative estimate of drug-likeness (QED) is 0.0204. The molecule has 14 nitrogen and oxygen atoms in total. The van der Waals surface area contributed by atoms with Gasteiger partial charge in [-0.15, -0.1) is 0 Å². The molecule has 12 atom stereocenters. The highest BCUT2D eigenvalue weighted by Crippen LogP contribution is 2.30. The molecule has 0 aromatic rings. The minimum atomic E-state index is -1.79. The maximum Gasteiger partial charge on any atom is 0.220 e. The van der Waals surface area contributed by atoms with Gasteiger partial charge < -0.3 is 65.1 Å². The summed E-state index contributed by atoms with van der Waals surface area (Å²) in [5, 5.41) is 86.8. The fourth-order valence-corrected chi connectivity index (χ4v) is 9.92. The first-order valence-electron chi connectivity index (χ1n) is 32.1. The van der Waals surface area contributed by atoms with Gasteiger partial charge in [0.1, 0.15) is 48.8 Å². The van der Waals surface area contributed by atoms with Crippen LogP contribution < -0.4 is 5.32 Å². The van der Waals surface area contributed by atoms with E-state index in [0.717, 1.165) is 77.0 Å². The lowest BCUT2D eigenvalue weighted by atomic mass is 9.97. The Morgan fingerprint density at radius 1 is 0.463 bits per heavy atom. The fourth-order valence-electron chi connectivity index (χ4n) is 9.92. The molecule has 0 aliphatic carbocycles. The molecule has 14 heteroatoms. The maximum atomic E-state index is 13.2. The molecule has 2 fully saturated rings. The van der Waals surface area contributed by atoms with E-state index >= 15 is 0 Å². The Labute approximate surface area is 495 Å². The predicted octanol–water partition coefficient (Wildman–Crippen LogP) is 12.0. The van der Waals surface area contributed by atoms with Crippen LogP contribution in [0.2, 0.25) is 0 Å². The zero-order chi connectivity index (χ0) is 59.5. The molecule has 0 bridgehead atoms. The van der Waals surface area contributed by atoms with Crippen LogP contribution in [0.25, 0.3) is 0 Å². The van der Waals surface area contributed by atoms with Crippen molar-refractivity contribution in [3.63, 3.8) is 0 Å². The summed E-state index contributed by atoms with van der Waals surface area (Å²) in [7, 11) is 0. The van der Waals surface area contributed by atoms with E-state index in [1.807, 2.05) is 19.1 Å². The van der Waals surface area contributed by atoms with Crippen LogP contribution in [-0.2, 0) is 23.7 Å². The molecule has 2 saturated heterocycles. The van der Waals surface area contributed by atoms with Gasteiger partial charge >= 0.3 is 0 Å². The molecule has 0 spiro atoms. The smallest absolute Gasteiger partial charge is 0.220 e. The third-order valence-electron chi connectivity index (χ3n) is 15.0. The van der Waals surface area contributed by atoms with E-state index in [-0.39, 0.29) is 18.9 Å². The van der Waals surface area contributed by atoms with E-state index in [9.17, 15) is 45.6 Å². The summed E-state index contributed by atoms with van der Waals surface area (Å²) < 4.78 is 22.7. The molecule has 2 heterocycles. The van der Waals surface area contributed by atoms with Gasteiger partial charge in [0.15, 0.2) is 12.6 Å². The average Bonchev–Trinajstić information content (AvgIpc) is 3.24. The van der Waals surface area contributed by atoms with Crippen molar-refractivity contribution >= 4 is 5.91 Å². The molecule has 2 aliphatic rings. The standard InChI is InChI=1S/C68H115NO13/c1-3-5-7-9-11-13-14-15-16-17-18-19-20-21-22-23-24-25-26-27-28-29-30-31-32-33-34-35-36-37-38-39-40-41-42-44-46-48-50-52-60(73)69-56(57(72)51-49-47-45-43-12-10-8-6-4-2)55-79-67-65(78)63(76)66(59(54-71)81-67)82-68-64(77)62(75)61(74)58(53-70)80-68/h4-7,11-13,15-16,18-19,21-22,24-25,43,49,51,56-59,61-68,70-72,74-78H,3,8-10,14,17,20,23,26-42,44-48,50,52-55H2,1-2H3,(H,69,73)/b6-4+,7-5-,13-11-,16-15-,19-18-,22-21-,25-24-,43-12+,51-49+. The molecule has 0 aromatic heterocycles. The molecular weight excluding hydrogens is 1040 g/mol. The van der Waals surface area contributed by atoms with E-state index in [1.165, 1.54) is 109 Å². The summed E-state index contributed by atoms with van der Waals surface area (Å²) in [4.78, 5) is 13.2. The van der Waals surface area contributed by atoms with Gasteiger partial charge in [-0.1, -0.05) is 232 Å². The number of ether oxygens (including phenoxy) is 4. The first-order chi connectivity index (χ1) is 40.1. The van der Waals surface area contributed by atoms with Gasteiger partial charge in [0.25, 0.3) is 0 Å². The number of carbonyl (C=O) groups excluding carboxylic acids is 1. The van der Waals surface area contributed by atoms with Crippen molar-refractivity contribution in [1.29, 1.82) is 0 Å². The lowest BCUT2D eigenvalue weighted by Crippen LogP contribution is -2.65. The van der Waals surface area contributed by atoms with Crippen LogP contribution in [0.1, 0.15) is 219 Å². The highest BCUT2D eigenvalue weighted by Gasteiger charge is 2.51. The van der Waals surface area contributed by atoms with Crippen LogP contribution in [0.3, 0.4) is 0 Å². The summed E-state index contributed by atoms with van der Waals surface area (Å²) >= 11 is 0. The van der Waals surface area contributed by atoms with Gasteiger partial charge in [-0.05, 0) is 90.4 Å². The van der Waals surface area contributed by atoms with Crippen LogP contribution >= 0.6 is 0 Å². The molecule has 0 radical (unpaired) electrons. The van der Waals surface area contributed by atoms with Crippen molar-refractivity contribution in [3.8, 4) is 0 Å². The topological polar surface area (TPSA) is 228 Å². The van der Waals surface area contributed by atoms with Crippen LogP contribution in [0.4, 0.5) is 0 Å². The number of carbonyl (C=O) groups is 1. The summed E-state index contributed by atoms with van der Waals surface area (Å²) in [5.41, 5.74) is 0. The average molecular weight is 1150 g/mol. The van der Waals surface area contributed by atoms with Crippen LogP contribution in [-0.4, -0.2) is 140 Å². The van der Waals surface area contributed by atoms with E-state index in [0.29, 0.717) is 12.8 Å². The van der Waals surface area contributed by atoms with Gasteiger partial charge in [-0.2, -0.15) is 0 Å². The van der Waals surface area contributed by atoms with Gasteiger partial charge in [-0.3, -0.25) is 4.79 Å². The molecule has 1 amide bonds. The normalized spacial score (nSPS) is 24.7. The second-order valence-electron chi connectivity index (χ2n) is 22.2. The second-order valence-corrected chi connectivity index (χ2v) is 22.2. The highest BCUT2D eigenvalue weighted by molar-refractivity contribution is 5.76. The predicted molar refractivity (Wildman–Crippen MR) is 332 cm³/mol. The fraction of sp³-hybridized carbons (Fsp3) is 0.721. The molecule has 12 unspecified atom stereocenters. The SMILES string of the molecule is C/C=C/CC/C=C/CC/C=C/C(O)C(COC1OC(CO)C(OC2OC(CO)C(O)C(O)C2O)C(O)C1O)NC(=O)CCCCCCCCCCCCCCCCCCCCCC/C=C\C/C=C\C/C=C\C/C=C\C/C=C\C/C=C\CC. The molecule has 2 rings (SSSR count). The minimum Gasteiger partial charge on any atom is -0.394 e. The number of nitrogens with one attached hydrogen (secondary N) is 1. The Bertz CT molecular complexity index is 1790. The summed E-state index contributed by atoms with van der Waals surface area (Å²) in [6.45, 7) is 2.40. The van der Waals surface area contributed by atoms with Gasteiger partial charge in [0.2, 0.25) is 5.91 Å². The first-order valence-corrected chi connectivity index (χ1v) is 32.1. The Morgan fingerprint density at radius 2 is 0.866 bits per heavy atom. The number of hydrogen-bond acceptors (Lipinski definition) is 13. The number of rotatable bonds is 50. The molecule has 9 N–H and O–H groups in total. The van der Waals surface area contributed by atoms with E-state index < -0.39 is 86.8 Å². The van der Waals surface area contributed by atoms with Crippen molar-refractivity contribution in [2.24, 2.45) is 0 Å². The minimum absolute atomic E-state index is 0.258. The number of hydrogen-bond donors (Lipinski definition) is 9. The number of allylic oxidation sites excluding steroid dienone is 17. The van der Waals surface area contributed by atoms with Crippen molar-refractivity contribution in [2.75, 3.05) is 19.8 Å².